The van der Waals surface area contributed by atoms with E-state index in [0.29, 0.717) is 0 Å². The molecule has 0 heterocycles. The number of hydrogen-bond donors (Lipinski definition) is 0. The molecule has 0 spiro atoms. The molecule has 0 radical (unpaired) electrons. The van der Waals surface area contributed by atoms with Gasteiger partial charge < -0.3 is 0 Å². The van der Waals surface area contributed by atoms with Gasteiger partial charge in [0, 0.05) is 0 Å². The Morgan fingerprint density at radius 1 is 0.684 bits per heavy atom. The zero-order valence-corrected chi connectivity index (χ0v) is 13.4. The molecule has 0 N–H and O–H groups in total. The van der Waals surface area contributed by atoms with Crippen molar-refractivity contribution in [3.05, 3.63) is 36.5 Å². The molecule has 0 aliphatic heterocycles. The van der Waals surface area contributed by atoms with E-state index in [2.05, 4.69) is 0 Å². The minimum atomic E-state index is -3.72. The van der Waals surface area contributed by atoms with E-state index < -0.39 is 35.2 Å². The molecule has 0 aromatic rings. The molecule has 19 heavy (non-hydrogen) atoms. The second-order valence-electron chi connectivity index (χ2n) is 3.10. The molecule has 0 aromatic heterocycles. The Labute approximate surface area is 118 Å². The van der Waals surface area contributed by atoms with Crippen LogP contribution in [0.15, 0.2) is 36.5 Å². The van der Waals surface area contributed by atoms with E-state index >= 15 is 0 Å². The molecule has 0 saturated heterocycles. The predicted molar refractivity (Wildman–Crippen MR) is 68.5 cm³/mol. The third kappa shape index (κ3) is 8.92. The summed E-state index contributed by atoms with van der Waals surface area (Å²) in [5.41, 5.74) is 0. The Morgan fingerprint density at radius 2 is 0.947 bits per heavy atom. The van der Waals surface area contributed by atoms with Gasteiger partial charge in [0.05, 0.1) is 0 Å². The van der Waals surface area contributed by atoms with Gasteiger partial charge in [-0.3, -0.25) is 0 Å². The number of allylic oxidation sites excluding steroid dienone is 3. The average molecular weight is 325 g/mol. The van der Waals surface area contributed by atoms with Gasteiger partial charge in [-0.25, -0.2) is 0 Å². The van der Waals surface area contributed by atoms with Gasteiger partial charge in [0.2, 0.25) is 0 Å². The third-order valence-corrected chi connectivity index (χ3v) is 4.22. The van der Waals surface area contributed by atoms with Crippen LogP contribution in [0.3, 0.4) is 0 Å². The molecule has 0 fully saturated rings. The fraction of sp³-hybridized carbons (Fsp3) is 0.250. The van der Waals surface area contributed by atoms with Gasteiger partial charge in [0.25, 0.3) is 0 Å². The minimum absolute atomic E-state index is 0.714. The van der Waals surface area contributed by atoms with Crippen molar-refractivity contribution in [2.75, 3.05) is 0 Å². The fourth-order valence-corrected chi connectivity index (χ4v) is 2.87. The summed E-state index contributed by atoms with van der Waals surface area (Å²) in [6.45, 7) is 4.88. The maximum atomic E-state index is 11.3. The predicted octanol–water partition coefficient (Wildman–Crippen LogP) is 1.33. The quantitative estimate of drug-likeness (QED) is 0.541. The molecule has 0 bridgehead atoms. The molecular weight excluding hydrogens is 310 g/mol. The second-order valence-corrected chi connectivity index (χ2v) is 5.79. The van der Waals surface area contributed by atoms with Gasteiger partial charge in [0.1, 0.15) is 0 Å². The molecule has 0 amide bonds. The van der Waals surface area contributed by atoms with Crippen molar-refractivity contribution < 1.29 is 25.0 Å². The van der Waals surface area contributed by atoms with E-state index in [-0.39, 0.29) is 0 Å². The molecule has 0 aromatic carbocycles. The maximum absolute atomic E-state index is 11.3. The summed E-state index contributed by atoms with van der Waals surface area (Å²) in [6.07, 6.45) is 7.82. The van der Waals surface area contributed by atoms with Crippen LogP contribution < -0.4 is 0 Å². The molecule has 0 saturated carbocycles. The van der Waals surface area contributed by atoms with Crippen molar-refractivity contribution in [3.8, 4) is 0 Å². The SMILES string of the molecule is C/C=C/C(=O)[O][Ga]([O]C(=O)/C=C/C)[O]C(=O)/C=C/C. The van der Waals surface area contributed by atoms with Crippen LogP contribution in [-0.2, 0) is 25.0 Å². The van der Waals surface area contributed by atoms with Gasteiger partial charge in [-0.2, -0.15) is 0 Å². The molecule has 6 nitrogen and oxygen atoms in total. The third-order valence-electron chi connectivity index (χ3n) is 1.55. The fourth-order valence-electron chi connectivity index (χ4n) is 0.883. The van der Waals surface area contributed by atoms with Crippen molar-refractivity contribution in [2.24, 2.45) is 0 Å². The molecule has 0 rings (SSSR count). The van der Waals surface area contributed by atoms with Crippen LogP contribution >= 0.6 is 0 Å². The molecule has 0 unspecified atom stereocenters. The molecule has 7 heteroatoms. The first-order valence-corrected chi connectivity index (χ1v) is 8.50. The van der Waals surface area contributed by atoms with Crippen LogP contribution in [-0.4, -0.2) is 35.2 Å². The number of carbonyl (C=O) groups is 3. The Morgan fingerprint density at radius 3 is 1.16 bits per heavy atom. The van der Waals surface area contributed by atoms with Crippen molar-refractivity contribution in [3.63, 3.8) is 0 Å². The summed E-state index contributed by atoms with van der Waals surface area (Å²) in [7, 11) is 0. The molecular formula is C12H15GaO6. The Kier molecular flexibility index (Phi) is 9.28. The summed E-state index contributed by atoms with van der Waals surface area (Å²) in [5, 5.41) is 0. The van der Waals surface area contributed by atoms with Crippen molar-refractivity contribution in [1.82, 2.24) is 0 Å². The first-order chi connectivity index (χ1) is 9.03. The van der Waals surface area contributed by atoms with Gasteiger partial charge in [-0.1, -0.05) is 0 Å². The normalized spacial score (nSPS) is 10.9. The monoisotopic (exact) mass is 324 g/mol. The molecule has 102 valence electrons. The summed E-state index contributed by atoms with van der Waals surface area (Å²) in [4.78, 5) is 33.8. The molecule has 0 aliphatic carbocycles. The average Bonchev–Trinajstić information content (AvgIpc) is 2.29. The van der Waals surface area contributed by atoms with Crippen LogP contribution in [0.4, 0.5) is 0 Å². The van der Waals surface area contributed by atoms with E-state index in [1.54, 1.807) is 20.8 Å². The van der Waals surface area contributed by atoms with E-state index in [1.165, 1.54) is 18.2 Å². The Hall–Kier alpha value is -1.73. The Bertz CT molecular complexity index is 349. The van der Waals surface area contributed by atoms with Gasteiger partial charge in [-0.15, -0.1) is 0 Å². The van der Waals surface area contributed by atoms with Gasteiger partial charge in [-0.05, 0) is 0 Å². The topological polar surface area (TPSA) is 78.9 Å². The standard InChI is InChI=1S/3C4H6O2.Ga/c3*1-2-3-4(5)6;/h3*2-3H,1H3,(H,5,6);/q;;;+3/p-3/b3*3-2+;. The van der Waals surface area contributed by atoms with Crippen molar-refractivity contribution >= 4 is 35.2 Å². The van der Waals surface area contributed by atoms with Crippen LogP contribution in [0.2, 0.25) is 0 Å². The van der Waals surface area contributed by atoms with Crippen LogP contribution in [0.25, 0.3) is 0 Å². The Balaban J connectivity index is 4.67. The van der Waals surface area contributed by atoms with Crippen molar-refractivity contribution in [1.29, 1.82) is 0 Å². The van der Waals surface area contributed by atoms with Crippen LogP contribution in [0.5, 0.6) is 0 Å². The summed E-state index contributed by atoms with van der Waals surface area (Å²) < 4.78 is 14.5. The summed E-state index contributed by atoms with van der Waals surface area (Å²) in [6, 6.07) is 0. The van der Waals surface area contributed by atoms with E-state index in [4.69, 9.17) is 10.6 Å². The van der Waals surface area contributed by atoms with Crippen molar-refractivity contribution in [2.45, 2.75) is 20.8 Å². The van der Waals surface area contributed by atoms with Crippen LogP contribution in [0, 0.1) is 0 Å². The van der Waals surface area contributed by atoms with E-state index in [9.17, 15) is 14.4 Å². The molecule has 0 aliphatic rings. The summed E-state index contributed by atoms with van der Waals surface area (Å²) >= 11 is -3.72. The van der Waals surface area contributed by atoms with Gasteiger partial charge >= 0.3 is 117 Å². The first kappa shape index (κ1) is 17.3. The zero-order chi connectivity index (χ0) is 14.7. The number of carbonyl (C=O) groups excluding carboxylic acids is 3. The number of rotatable bonds is 6. The summed E-state index contributed by atoms with van der Waals surface area (Å²) in [5.74, 6) is -2.14. The van der Waals surface area contributed by atoms with Gasteiger partial charge in [0.15, 0.2) is 0 Å². The second kappa shape index (κ2) is 10.2. The van der Waals surface area contributed by atoms with E-state index in [0.717, 1.165) is 18.2 Å². The van der Waals surface area contributed by atoms with Crippen LogP contribution in [0.1, 0.15) is 20.8 Å². The molecule has 0 atom stereocenters. The number of hydrogen-bond acceptors (Lipinski definition) is 6. The zero-order valence-electron chi connectivity index (χ0n) is 11.0. The first-order valence-electron chi connectivity index (χ1n) is 5.53. The van der Waals surface area contributed by atoms with E-state index in [1.807, 2.05) is 0 Å².